The van der Waals surface area contributed by atoms with E-state index >= 15 is 0 Å². The van der Waals surface area contributed by atoms with Gasteiger partial charge in [0.2, 0.25) is 10.0 Å². The Bertz CT molecular complexity index is 1020. The maximum absolute atomic E-state index is 12.5. The number of aryl methyl sites for hydroxylation is 3. The minimum absolute atomic E-state index is 0.257. The van der Waals surface area contributed by atoms with Crippen LogP contribution in [-0.4, -0.2) is 18.4 Å². The first kappa shape index (κ1) is 15.4. The Morgan fingerprint density at radius 2 is 1.96 bits per heavy atom. The summed E-state index contributed by atoms with van der Waals surface area (Å²) in [6.07, 6.45) is 3.12. The second-order valence-electron chi connectivity index (χ2n) is 6.28. The highest BCUT2D eigenvalue weighted by Crippen LogP contribution is 2.24. The Hall–Kier alpha value is -2.18. The van der Waals surface area contributed by atoms with E-state index in [9.17, 15) is 8.42 Å². The first-order valence-corrected chi connectivity index (χ1v) is 9.56. The maximum atomic E-state index is 12.5. The summed E-state index contributed by atoms with van der Waals surface area (Å²) in [5.41, 5.74) is 5.14. The lowest BCUT2D eigenvalue weighted by molar-refractivity contribution is 0.581. The summed E-state index contributed by atoms with van der Waals surface area (Å²) in [6, 6.07) is 11.2. The van der Waals surface area contributed by atoms with Gasteiger partial charge in [-0.1, -0.05) is 12.1 Å². The third-order valence-electron chi connectivity index (χ3n) is 4.51. The molecule has 0 radical (unpaired) electrons. The van der Waals surface area contributed by atoms with Gasteiger partial charge in [0.05, 0.1) is 15.9 Å². The molecule has 5 nitrogen and oxygen atoms in total. The second kappa shape index (κ2) is 5.72. The summed E-state index contributed by atoms with van der Waals surface area (Å²) in [5, 5.41) is 0. The molecule has 1 aliphatic rings. The fourth-order valence-corrected chi connectivity index (χ4v) is 4.34. The summed E-state index contributed by atoms with van der Waals surface area (Å²) < 4.78 is 27.8. The number of sulfonamides is 1. The monoisotopic (exact) mass is 341 g/mol. The highest BCUT2D eigenvalue weighted by Gasteiger charge is 2.18. The van der Waals surface area contributed by atoms with E-state index in [1.54, 1.807) is 6.07 Å². The molecule has 0 atom stereocenters. The minimum Gasteiger partial charge on any atom is -0.342 e. The number of aromatic nitrogens is 2. The van der Waals surface area contributed by atoms with Crippen LogP contribution in [0.5, 0.6) is 0 Å². The predicted octanol–water partition coefficient (Wildman–Crippen LogP) is 2.84. The number of nitrogens with zero attached hydrogens (tertiary/aromatic N) is 1. The van der Waals surface area contributed by atoms with Crippen LogP contribution in [0.15, 0.2) is 41.3 Å². The van der Waals surface area contributed by atoms with Crippen LogP contribution >= 0.6 is 0 Å². The predicted molar refractivity (Wildman–Crippen MR) is 93.3 cm³/mol. The molecule has 0 spiro atoms. The summed E-state index contributed by atoms with van der Waals surface area (Å²) in [7, 11) is -3.50. The van der Waals surface area contributed by atoms with Gasteiger partial charge in [0.25, 0.3) is 0 Å². The van der Waals surface area contributed by atoms with Crippen LogP contribution in [0.2, 0.25) is 0 Å². The Kier molecular flexibility index (Phi) is 3.66. The molecule has 0 saturated carbocycles. The molecule has 2 aromatic carbocycles. The van der Waals surface area contributed by atoms with Crippen molar-refractivity contribution < 1.29 is 8.42 Å². The summed E-state index contributed by atoms with van der Waals surface area (Å²) >= 11 is 0. The fraction of sp³-hybridized carbons (Fsp3) is 0.278. The van der Waals surface area contributed by atoms with E-state index in [2.05, 4.69) is 14.7 Å². The summed E-state index contributed by atoms with van der Waals surface area (Å²) in [4.78, 5) is 7.87. The van der Waals surface area contributed by atoms with Gasteiger partial charge >= 0.3 is 0 Å². The van der Waals surface area contributed by atoms with E-state index in [1.165, 1.54) is 5.56 Å². The number of rotatable bonds is 4. The molecular weight excluding hydrogens is 322 g/mol. The van der Waals surface area contributed by atoms with E-state index in [0.29, 0.717) is 4.90 Å². The van der Waals surface area contributed by atoms with Crippen LogP contribution in [-0.2, 0) is 29.4 Å². The SMILES string of the molecule is Cc1nc2ccc(CNS(=O)(=O)c3ccc4c(c3)CCC4)cc2[nH]1. The van der Waals surface area contributed by atoms with E-state index < -0.39 is 10.0 Å². The van der Waals surface area contributed by atoms with Crippen LogP contribution < -0.4 is 4.72 Å². The average Bonchev–Trinajstić information content (AvgIpc) is 3.16. The smallest absolute Gasteiger partial charge is 0.240 e. The number of fused-ring (bicyclic) bond motifs is 2. The van der Waals surface area contributed by atoms with Crippen molar-refractivity contribution in [3.05, 3.63) is 58.9 Å². The van der Waals surface area contributed by atoms with Gasteiger partial charge in [-0.05, 0) is 67.1 Å². The molecule has 24 heavy (non-hydrogen) atoms. The standard InChI is InChI=1S/C18H19N3O2S/c1-12-20-17-8-5-13(9-18(17)21-12)11-19-24(22,23)16-7-6-14-3-2-4-15(14)10-16/h5-10,19H,2-4,11H2,1H3,(H,20,21). The van der Waals surface area contributed by atoms with Crippen LogP contribution in [0.1, 0.15) is 28.9 Å². The van der Waals surface area contributed by atoms with Gasteiger partial charge < -0.3 is 4.98 Å². The van der Waals surface area contributed by atoms with Crippen molar-refractivity contribution in [3.63, 3.8) is 0 Å². The van der Waals surface area contributed by atoms with E-state index in [-0.39, 0.29) is 6.54 Å². The maximum Gasteiger partial charge on any atom is 0.240 e. The van der Waals surface area contributed by atoms with Gasteiger partial charge in [0.1, 0.15) is 5.82 Å². The number of nitrogens with one attached hydrogen (secondary N) is 2. The number of hydrogen-bond donors (Lipinski definition) is 2. The third-order valence-corrected chi connectivity index (χ3v) is 5.91. The van der Waals surface area contributed by atoms with Gasteiger partial charge in [-0.3, -0.25) is 0 Å². The highest BCUT2D eigenvalue weighted by atomic mass is 32.2. The lowest BCUT2D eigenvalue weighted by Gasteiger charge is -2.09. The molecule has 1 aliphatic carbocycles. The first-order valence-electron chi connectivity index (χ1n) is 8.08. The number of aromatic amines is 1. The van der Waals surface area contributed by atoms with Crippen LogP contribution in [0, 0.1) is 6.92 Å². The van der Waals surface area contributed by atoms with Crippen molar-refractivity contribution in [2.45, 2.75) is 37.6 Å². The fourth-order valence-electron chi connectivity index (χ4n) is 3.27. The van der Waals surface area contributed by atoms with Gasteiger partial charge in [-0.25, -0.2) is 18.1 Å². The highest BCUT2D eigenvalue weighted by molar-refractivity contribution is 7.89. The molecule has 3 aromatic rings. The lowest BCUT2D eigenvalue weighted by Crippen LogP contribution is -2.23. The van der Waals surface area contributed by atoms with E-state index in [0.717, 1.165) is 47.2 Å². The Morgan fingerprint density at radius 1 is 1.12 bits per heavy atom. The van der Waals surface area contributed by atoms with Crippen molar-refractivity contribution in [1.29, 1.82) is 0 Å². The molecule has 1 aromatic heterocycles. The molecule has 4 rings (SSSR count). The van der Waals surface area contributed by atoms with Gasteiger partial charge in [-0.15, -0.1) is 0 Å². The summed E-state index contributed by atoms with van der Waals surface area (Å²) in [5.74, 6) is 0.848. The Labute approximate surface area is 141 Å². The molecule has 0 amide bonds. The van der Waals surface area contributed by atoms with Crippen molar-refractivity contribution in [1.82, 2.24) is 14.7 Å². The average molecular weight is 341 g/mol. The molecule has 6 heteroatoms. The Morgan fingerprint density at radius 3 is 2.83 bits per heavy atom. The molecule has 1 heterocycles. The zero-order valence-electron chi connectivity index (χ0n) is 13.5. The first-order chi connectivity index (χ1) is 11.5. The van der Waals surface area contributed by atoms with E-state index in [1.807, 2.05) is 37.3 Å². The van der Waals surface area contributed by atoms with E-state index in [4.69, 9.17) is 0 Å². The molecule has 124 valence electrons. The third kappa shape index (κ3) is 2.83. The minimum atomic E-state index is -3.50. The van der Waals surface area contributed by atoms with Crippen LogP contribution in [0.3, 0.4) is 0 Å². The van der Waals surface area contributed by atoms with Crippen molar-refractivity contribution >= 4 is 21.1 Å². The number of benzene rings is 2. The Balaban J connectivity index is 1.54. The number of H-pyrrole nitrogens is 1. The van der Waals surface area contributed by atoms with Crippen LogP contribution in [0.4, 0.5) is 0 Å². The lowest BCUT2D eigenvalue weighted by atomic mass is 10.1. The molecule has 0 saturated heterocycles. The zero-order chi connectivity index (χ0) is 16.7. The van der Waals surface area contributed by atoms with Crippen LogP contribution in [0.25, 0.3) is 11.0 Å². The number of imidazole rings is 1. The van der Waals surface area contributed by atoms with Gasteiger partial charge in [-0.2, -0.15) is 0 Å². The molecule has 0 aliphatic heterocycles. The van der Waals surface area contributed by atoms with Crippen molar-refractivity contribution in [2.24, 2.45) is 0 Å². The molecular formula is C18H19N3O2S. The normalized spacial score (nSPS) is 14.2. The molecule has 0 bridgehead atoms. The molecule has 0 unspecified atom stereocenters. The molecule has 0 fully saturated rings. The van der Waals surface area contributed by atoms with Crippen molar-refractivity contribution in [2.75, 3.05) is 0 Å². The van der Waals surface area contributed by atoms with Gasteiger partial charge in [0, 0.05) is 6.54 Å². The summed E-state index contributed by atoms with van der Waals surface area (Å²) in [6.45, 7) is 2.16. The largest absolute Gasteiger partial charge is 0.342 e. The van der Waals surface area contributed by atoms with Crippen molar-refractivity contribution in [3.8, 4) is 0 Å². The zero-order valence-corrected chi connectivity index (χ0v) is 14.3. The topological polar surface area (TPSA) is 74.8 Å². The number of hydrogen-bond acceptors (Lipinski definition) is 3. The van der Waals surface area contributed by atoms with Gasteiger partial charge in [0.15, 0.2) is 0 Å². The quantitative estimate of drug-likeness (QED) is 0.766. The molecule has 2 N–H and O–H groups in total. The second-order valence-corrected chi connectivity index (χ2v) is 8.05.